The Morgan fingerprint density at radius 3 is 2.36 bits per heavy atom. The van der Waals surface area contributed by atoms with Crippen molar-refractivity contribution in [1.82, 2.24) is 4.90 Å². The summed E-state index contributed by atoms with van der Waals surface area (Å²) in [7, 11) is 3.25. The van der Waals surface area contributed by atoms with Gasteiger partial charge in [0.15, 0.2) is 5.78 Å². The number of Topliss-reactive ketones (excluding diaryl/α,β-unsaturated/α-hetero) is 1. The van der Waals surface area contributed by atoms with Gasteiger partial charge in [-0.05, 0) is 67.3 Å². The molecule has 0 spiro atoms. The Kier molecular flexibility index (Phi) is 6.34. The van der Waals surface area contributed by atoms with Crippen molar-refractivity contribution in [2.75, 3.05) is 20.8 Å². The number of carbonyl (C=O) groups is 2. The molecule has 1 amide bonds. The Hall–Kier alpha value is -2.82. The first-order valence-corrected chi connectivity index (χ1v) is 9.67. The number of rotatable bonds is 7. The minimum Gasteiger partial charge on any atom is -0.497 e. The number of ether oxygens (including phenoxy) is 2. The first-order chi connectivity index (χ1) is 13.5. The van der Waals surface area contributed by atoms with Crippen LogP contribution < -0.4 is 9.47 Å². The van der Waals surface area contributed by atoms with Crippen molar-refractivity contribution in [2.45, 2.75) is 38.6 Å². The van der Waals surface area contributed by atoms with E-state index in [4.69, 9.17) is 9.47 Å². The van der Waals surface area contributed by atoms with Crippen LogP contribution in [0.15, 0.2) is 42.5 Å². The molecule has 0 fully saturated rings. The molecule has 28 heavy (non-hydrogen) atoms. The van der Waals surface area contributed by atoms with Crippen LogP contribution in [0.4, 0.5) is 0 Å². The van der Waals surface area contributed by atoms with Gasteiger partial charge in [-0.25, -0.2) is 0 Å². The Labute approximate surface area is 166 Å². The normalized spacial score (nSPS) is 15.7. The molecule has 2 aromatic carbocycles. The van der Waals surface area contributed by atoms with E-state index in [1.807, 2.05) is 17.0 Å². The third-order valence-corrected chi connectivity index (χ3v) is 5.42. The second-order valence-electron chi connectivity index (χ2n) is 7.08. The number of carbonyl (C=O) groups excluding carboxylic acids is 2. The number of benzene rings is 2. The molecule has 2 aromatic rings. The molecule has 1 aliphatic heterocycles. The van der Waals surface area contributed by atoms with Gasteiger partial charge in [-0.3, -0.25) is 9.59 Å². The van der Waals surface area contributed by atoms with Crippen LogP contribution in [-0.4, -0.2) is 37.4 Å². The molecule has 0 N–H and O–H groups in total. The first kappa shape index (κ1) is 19.9. The summed E-state index contributed by atoms with van der Waals surface area (Å²) in [5.74, 6) is 1.69. The van der Waals surface area contributed by atoms with E-state index in [-0.39, 0.29) is 17.7 Å². The van der Waals surface area contributed by atoms with Gasteiger partial charge < -0.3 is 14.4 Å². The molecular formula is C23H27NO4. The molecule has 1 atom stereocenters. The van der Waals surface area contributed by atoms with E-state index in [0.717, 1.165) is 23.5 Å². The average molecular weight is 381 g/mol. The molecule has 1 unspecified atom stereocenters. The van der Waals surface area contributed by atoms with Gasteiger partial charge in [0.2, 0.25) is 5.91 Å². The van der Waals surface area contributed by atoms with Crippen LogP contribution in [0.1, 0.15) is 53.7 Å². The summed E-state index contributed by atoms with van der Waals surface area (Å²) in [5.41, 5.74) is 3.07. The van der Waals surface area contributed by atoms with Crippen molar-refractivity contribution in [1.29, 1.82) is 0 Å². The van der Waals surface area contributed by atoms with Crippen LogP contribution in [0.2, 0.25) is 0 Å². The maximum Gasteiger partial charge on any atom is 0.223 e. The summed E-state index contributed by atoms with van der Waals surface area (Å²) in [6.45, 7) is 2.77. The summed E-state index contributed by atoms with van der Waals surface area (Å²) in [6, 6.07) is 13.2. The van der Waals surface area contributed by atoms with Crippen molar-refractivity contribution < 1.29 is 19.1 Å². The summed E-state index contributed by atoms with van der Waals surface area (Å²) >= 11 is 0. The quantitative estimate of drug-likeness (QED) is 0.675. The van der Waals surface area contributed by atoms with Crippen molar-refractivity contribution in [3.05, 3.63) is 59.2 Å². The summed E-state index contributed by atoms with van der Waals surface area (Å²) in [5, 5.41) is 0. The lowest BCUT2D eigenvalue weighted by Crippen LogP contribution is -2.38. The molecule has 1 aliphatic rings. The fourth-order valence-electron chi connectivity index (χ4n) is 3.72. The van der Waals surface area contributed by atoms with Gasteiger partial charge >= 0.3 is 0 Å². The predicted molar refractivity (Wildman–Crippen MR) is 108 cm³/mol. The zero-order valence-electron chi connectivity index (χ0n) is 16.7. The summed E-state index contributed by atoms with van der Waals surface area (Å²) in [6.07, 6.45) is 2.15. The Bertz CT molecular complexity index is 844. The lowest BCUT2D eigenvalue weighted by Gasteiger charge is -2.35. The van der Waals surface area contributed by atoms with Gasteiger partial charge in [-0.1, -0.05) is 6.07 Å². The third kappa shape index (κ3) is 4.35. The number of nitrogens with zero attached hydrogens (tertiary/aromatic N) is 1. The van der Waals surface area contributed by atoms with E-state index in [2.05, 4.69) is 13.0 Å². The van der Waals surface area contributed by atoms with E-state index in [9.17, 15) is 9.59 Å². The standard InChI is InChI=1S/C23H27NO4/c1-16-21-15-20(28-3)12-7-17(21)13-14-24(16)23(26)6-4-5-22(25)18-8-10-19(27-2)11-9-18/h7-12,15-16H,4-6,13-14H2,1-3H3. The van der Waals surface area contributed by atoms with Gasteiger partial charge in [0.25, 0.3) is 0 Å². The number of ketones is 1. The molecule has 0 saturated carbocycles. The van der Waals surface area contributed by atoms with E-state index in [1.165, 1.54) is 5.56 Å². The third-order valence-electron chi connectivity index (χ3n) is 5.42. The SMILES string of the molecule is COc1ccc(C(=O)CCCC(=O)N2CCc3ccc(OC)cc3C2C)cc1. The Morgan fingerprint density at radius 1 is 1.00 bits per heavy atom. The van der Waals surface area contributed by atoms with Crippen LogP contribution in [0.25, 0.3) is 0 Å². The number of methoxy groups -OCH3 is 2. The highest BCUT2D eigenvalue weighted by atomic mass is 16.5. The monoisotopic (exact) mass is 381 g/mol. The highest BCUT2D eigenvalue weighted by Crippen LogP contribution is 2.32. The molecule has 0 bridgehead atoms. The lowest BCUT2D eigenvalue weighted by molar-refractivity contribution is -0.133. The van der Waals surface area contributed by atoms with Crippen molar-refractivity contribution in [3.8, 4) is 11.5 Å². The number of amides is 1. The molecule has 0 saturated heterocycles. The molecule has 0 radical (unpaired) electrons. The van der Waals surface area contributed by atoms with Crippen LogP contribution in [0.3, 0.4) is 0 Å². The van der Waals surface area contributed by atoms with Crippen LogP contribution in [0.5, 0.6) is 11.5 Å². The highest BCUT2D eigenvalue weighted by molar-refractivity contribution is 5.96. The Balaban J connectivity index is 1.55. The van der Waals surface area contributed by atoms with E-state index in [0.29, 0.717) is 31.4 Å². The second-order valence-corrected chi connectivity index (χ2v) is 7.08. The van der Waals surface area contributed by atoms with E-state index < -0.39 is 0 Å². The second kappa shape index (κ2) is 8.91. The fraction of sp³-hybridized carbons (Fsp3) is 0.391. The molecule has 5 nitrogen and oxygen atoms in total. The van der Waals surface area contributed by atoms with Gasteiger partial charge in [-0.15, -0.1) is 0 Å². The molecule has 148 valence electrons. The van der Waals surface area contributed by atoms with Crippen molar-refractivity contribution >= 4 is 11.7 Å². The van der Waals surface area contributed by atoms with Crippen LogP contribution in [0, 0.1) is 0 Å². The maximum atomic E-state index is 12.7. The molecule has 3 rings (SSSR count). The average Bonchev–Trinajstić information content (AvgIpc) is 2.73. The topological polar surface area (TPSA) is 55.8 Å². The molecule has 0 aromatic heterocycles. The Morgan fingerprint density at radius 2 is 1.68 bits per heavy atom. The van der Waals surface area contributed by atoms with Gasteiger partial charge in [0, 0.05) is 24.9 Å². The minimum atomic E-state index is 0.0173. The first-order valence-electron chi connectivity index (χ1n) is 9.67. The fourth-order valence-corrected chi connectivity index (χ4v) is 3.72. The van der Waals surface area contributed by atoms with Crippen LogP contribution in [-0.2, 0) is 11.2 Å². The van der Waals surface area contributed by atoms with E-state index in [1.54, 1.807) is 38.5 Å². The summed E-state index contributed by atoms with van der Waals surface area (Å²) in [4.78, 5) is 27.0. The maximum absolute atomic E-state index is 12.7. The molecular weight excluding hydrogens is 354 g/mol. The zero-order valence-corrected chi connectivity index (χ0v) is 16.7. The van der Waals surface area contributed by atoms with Crippen molar-refractivity contribution in [2.24, 2.45) is 0 Å². The van der Waals surface area contributed by atoms with Gasteiger partial charge in [-0.2, -0.15) is 0 Å². The zero-order chi connectivity index (χ0) is 20.1. The smallest absolute Gasteiger partial charge is 0.223 e. The van der Waals surface area contributed by atoms with E-state index >= 15 is 0 Å². The molecule has 0 aliphatic carbocycles. The number of hydrogen-bond acceptors (Lipinski definition) is 4. The predicted octanol–water partition coefficient (Wildman–Crippen LogP) is 4.20. The van der Waals surface area contributed by atoms with Crippen molar-refractivity contribution in [3.63, 3.8) is 0 Å². The molecule has 5 heteroatoms. The van der Waals surface area contributed by atoms with Gasteiger partial charge in [0.05, 0.1) is 20.3 Å². The lowest BCUT2D eigenvalue weighted by atomic mass is 9.93. The molecule has 1 heterocycles. The summed E-state index contributed by atoms with van der Waals surface area (Å²) < 4.78 is 10.4. The van der Waals surface area contributed by atoms with Crippen LogP contribution >= 0.6 is 0 Å². The minimum absolute atomic E-state index is 0.0173. The number of fused-ring (bicyclic) bond motifs is 1. The van der Waals surface area contributed by atoms with Gasteiger partial charge in [0.1, 0.15) is 11.5 Å². The largest absolute Gasteiger partial charge is 0.497 e. The highest BCUT2D eigenvalue weighted by Gasteiger charge is 2.27. The number of hydrogen-bond donors (Lipinski definition) is 0.